The van der Waals surface area contributed by atoms with Crippen molar-refractivity contribution in [2.75, 3.05) is 33.8 Å². The van der Waals surface area contributed by atoms with Crippen LogP contribution in [0.3, 0.4) is 0 Å². The average Bonchev–Trinajstić information content (AvgIpc) is 2.59. The molecule has 6 heteroatoms. The second-order valence-corrected chi connectivity index (χ2v) is 5.09. The Morgan fingerprint density at radius 2 is 2.09 bits per heavy atom. The summed E-state index contributed by atoms with van der Waals surface area (Å²) in [6, 6.07) is 10.5. The number of hydrogen-bond acceptors (Lipinski definition) is 3. The van der Waals surface area contributed by atoms with Crippen molar-refractivity contribution >= 4 is 41.5 Å². The lowest BCUT2D eigenvalue weighted by Crippen LogP contribution is -2.44. The lowest BCUT2D eigenvalue weighted by molar-refractivity contribution is -0.140. The van der Waals surface area contributed by atoms with Gasteiger partial charge >= 0.3 is 5.97 Å². The molecular weight excluding hydrogens is 405 g/mol. The number of benzene rings is 1. The van der Waals surface area contributed by atoms with Crippen LogP contribution < -0.4 is 5.32 Å². The molecule has 5 nitrogen and oxygen atoms in total. The first kappa shape index (κ1) is 19.5. The normalized spacial score (nSPS) is 14.6. The number of carbonyl (C=O) groups excluding carboxylic acids is 1. The maximum absolute atomic E-state index is 11.1. The van der Waals surface area contributed by atoms with Gasteiger partial charge in [0.05, 0.1) is 13.5 Å². The molecule has 0 spiro atoms. The molecule has 0 fully saturated rings. The number of carbonyl (C=O) groups is 1. The van der Waals surface area contributed by atoms with Crippen molar-refractivity contribution < 1.29 is 9.53 Å². The van der Waals surface area contributed by atoms with Crippen LogP contribution in [0.25, 0.3) is 5.57 Å². The molecule has 1 heterocycles. The molecule has 1 aliphatic rings. The van der Waals surface area contributed by atoms with Crippen LogP contribution in [0, 0.1) is 0 Å². The van der Waals surface area contributed by atoms with E-state index in [0.717, 1.165) is 25.5 Å². The topological polar surface area (TPSA) is 53.9 Å². The van der Waals surface area contributed by atoms with E-state index in [1.165, 1.54) is 18.2 Å². The predicted octanol–water partition coefficient (Wildman–Crippen LogP) is 2.53. The third kappa shape index (κ3) is 5.85. The highest BCUT2D eigenvalue weighted by atomic mass is 127. The number of rotatable bonds is 4. The monoisotopic (exact) mass is 429 g/mol. The molecule has 0 saturated heterocycles. The fraction of sp³-hybridized carbons (Fsp3) is 0.412. The molecule has 1 aliphatic heterocycles. The molecule has 1 aromatic carbocycles. The van der Waals surface area contributed by atoms with Gasteiger partial charge < -0.3 is 15.0 Å². The van der Waals surface area contributed by atoms with Crippen LogP contribution in [-0.4, -0.2) is 50.6 Å². The van der Waals surface area contributed by atoms with Crippen molar-refractivity contribution in [1.82, 2.24) is 10.2 Å². The number of methoxy groups -OCH3 is 1. The van der Waals surface area contributed by atoms with Gasteiger partial charge in [-0.1, -0.05) is 36.4 Å². The standard InChI is InChI=1S/C17H23N3O2.HI/c1-18-17(19-11-8-16(21)22-2)20-12-9-15(10-13-20)14-6-4-3-5-7-14;/h3-7,9H,8,10-13H2,1-2H3,(H,18,19);1H. The van der Waals surface area contributed by atoms with E-state index < -0.39 is 0 Å². The van der Waals surface area contributed by atoms with E-state index in [1.807, 2.05) is 6.07 Å². The second kappa shape index (κ2) is 10.3. The zero-order valence-electron chi connectivity index (χ0n) is 13.6. The van der Waals surface area contributed by atoms with Gasteiger partial charge in [-0.2, -0.15) is 0 Å². The van der Waals surface area contributed by atoms with E-state index in [4.69, 9.17) is 0 Å². The van der Waals surface area contributed by atoms with E-state index in [1.54, 1.807) is 7.05 Å². The number of guanidine groups is 1. The number of ether oxygens (including phenoxy) is 1. The Labute approximate surface area is 154 Å². The second-order valence-electron chi connectivity index (χ2n) is 5.09. The van der Waals surface area contributed by atoms with Gasteiger partial charge in [0.15, 0.2) is 5.96 Å². The van der Waals surface area contributed by atoms with Crippen LogP contribution in [0.2, 0.25) is 0 Å². The molecule has 0 amide bonds. The Balaban J connectivity index is 0.00000264. The number of halogens is 1. The summed E-state index contributed by atoms with van der Waals surface area (Å²) in [5.41, 5.74) is 2.66. The minimum absolute atomic E-state index is 0. The fourth-order valence-electron chi connectivity index (χ4n) is 2.49. The molecule has 1 N–H and O–H groups in total. The fourth-order valence-corrected chi connectivity index (χ4v) is 2.49. The van der Waals surface area contributed by atoms with Crippen LogP contribution in [-0.2, 0) is 9.53 Å². The van der Waals surface area contributed by atoms with Gasteiger partial charge in [-0.15, -0.1) is 24.0 Å². The summed E-state index contributed by atoms with van der Waals surface area (Å²) >= 11 is 0. The maximum Gasteiger partial charge on any atom is 0.307 e. The summed E-state index contributed by atoms with van der Waals surface area (Å²) in [5.74, 6) is 0.611. The van der Waals surface area contributed by atoms with E-state index in [9.17, 15) is 4.79 Å². The zero-order valence-corrected chi connectivity index (χ0v) is 15.9. The lowest BCUT2D eigenvalue weighted by atomic mass is 10.00. The molecule has 1 aromatic rings. The quantitative estimate of drug-likeness (QED) is 0.346. The minimum Gasteiger partial charge on any atom is -0.469 e. The highest BCUT2D eigenvalue weighted by Crippen LogP contribution is 2.21. The van der Waals surface area contributed by atoms with Crippen LogP contribution in [0.5, 0.6) is 0 Å². The molecule has 0 aliphatic carbocycles. The van der Waals surface area contributed by atoms with Gasteiger partial charge in [0.25, 0.3) is 0 Å². The van der Waals surface area contributed by atoms with E-state index in [2.05, 4.69) is 50.3 Å². The van der Waals surface area contributed by atoms with Crippen LogP contribution in [0.4, 0.5) is 0 Å². The third-order valence-electron chi connectivity index (χ3n) is 3.70. The molecule has 0 aromatic heterocycles. The smallest absolute Gasteiger partial charge is 0.307 e. The number of nitrogens with one attached hydrogen (secondary N) is 1. The Hall–Kier alpha value is -1.57. The van der Waals surface area contributed by atoms with Crippen molar-refractivity contribution in [2.24, 2.45) is 4.99 Å². The lowest BCUT2D eigenvalue weighted by Gasteiger charge is -2.29. The van der Waals surface area contributed by atoms with E-state index in [0.29, 0.717) is 13.0 Å². The van der Waals surface area contributed by atoms with Gasteiger partial charge in [0, 0.05) is 26.7 Å². The number of aliphatic imine (C=N–C) groups is 1. The molecule has 126 valence electrons. The molecule has 0 unspecified atom stereocenters. The predicted molar refractivity (Wildman–Crippen MR) is 104 cm³/mol. The van der Waals surface area contributed by atoms with Crippen molar-refractivity contribution in [3.8, 4) is 0 Å². The minimum atomic E-state index is -0.215. The van der Waals surface area contributed by atoms with E-state index in [-0.39, 0.29) is 29.9 Å². The molecule has 0 bridgehead atoms. The molecule has 2 rings (SSSR count). The Morgan fingerprint density at radius 1 is 1.35 bits per heavy atom. The highest BCUT2D eigenvalue weighted by Gasteiger charge is 2.16. The summed E-state index contributed by atoms with van der Waals surface area (Å²) in [6.07, 6.45) is 3.57. The highest BCUT2D eigenvalue weighted by molar-refractivity contribution is 14.0. The van der Waals surface area contributed by atoms with Crippen LogP contribution >= 0.6 is 24.0 Å². The summed E-state index contributed by atoms with van der Waals surface area (Å²) in [5, 5.41) is 3.20. The molecular formula is C17H24IN3O2. The summed E-state index contributed by atoms with van der Waals surface area (Å²) in [6.45, 7) is 2.27. The molecule has 0 saturated carbocycles. The van der Waals surface area contributed by atoms with Gasteiger partial charge in [0.1, 0.15) is 0 Å². The molecule has 23 heavy (non-hydrogen) atoms. The number of hydrogen-bond donors (Lipinski definition) is 1. The van der Waals surface area contributed by atoms with Crippen molar-refractivity contribution in [3.63, 3.8) is 0 Å². The average molecular weight is 429 g/mol. The summed E-state index contributed by atoms with van der Waals surface area (Å²) < 4.78 is 4.63. The first-order valence-electron chi connectivity index (χ1n) is 7.51. The molecule has 0 radical (unpaired) electrons. The van der Waals surface area contributed by atoms with Crippen LogP contribution in [0.15, 0.2) is 41.4 Å². The first-order valence-corrected chi connectivity index (χ1v) is 7.51. The number of esters is 1. The van der Waals surface area contributed by atoms with Crippen molar-refractivity contribution in [1.29, 1.82) is 0 Å². The summed E-state index contributed by atoms with van der Waals surface area (Å²) in [7, 11) is 3.16. The van der Waals surface area contributed by atoms with Gasteiger partial charge in [0.2, 0.25) is 0 Å². The van der Waals surface area contributed by atoms with Crippen molar-refractivity contribution in [3.05, 3.63) is 42.0 Å². The molecule has 0 atom stereocenters. The number of nitrogens with zero attached hydrogens (tertiary/aromatic N) is 2. The summed E-state index contributed by atoms with van der Waals surface area (Å²) in [4.78, 5) is 17.6. The van der Waals surface area contributed by atoms with Gasteiger partial charge in [-0.3, -0.25) is 9.79 Å². The SMILES string of the molecule is CN=C(NCCC(=O)OC)N1CC=C(c2ccccc2)CC1.I. The van der Waals surface area contributed by atoms with Crippen LogP contribution in [0.1, 0.15) is 18.4 Å². The van der Waals surface area contributed by atoms with Crippen molar-refractivity contribution in [2.45, 2.75) is 12.8 Å². The van der Waals surface area contributed by atoms with E-state index >= 15 is 0 Å². The Morgan fingerprint density at radius 3 is 2.65 bits per heavy atom. The largest absolute Gasteiger partial charge is 0.469 e. The zero-order chi connectivity index (χ0) is 15.8. The maximum atomic E-state index is 11.1. The first-order chi connectivity index (χ1) is 10.7. The third-order valence-corrected chi connectivity index (χ3v) is 3.70. The Bertz CT molecular complexity index is 558. The van der Waals surface area contributed by atoms with Gasteiger partial charge in [-0.25, -0.2) is 0 Å². The van der Waals surface area contributed by atoms with Gasteiger partial charge in [-0.05, 0) is 17.6 Å². The Kier molecular flexibility index (Phi) is 8.68.